The summed E-state index contributed by atoms with van der Waals surface area (Å²) in [5.41, 5.74) is -0.249. The van der Waals surface area contributed by atoms with Gasteiger partial charge in [-0.3, -0.25) is 14.4 Å². The first-order chi connectivity index (χ1) is 17.4. The number of hydrogen-bond donors (Lipinski definition) is 1. The standard InChI is InChI=1S/C23H30N2O11S2/c1-22(2,3)21(29)36-13-35-20(28)17-23(4,5)38(32,33)19-16(18(27)25(17)19)24-37(30,31)12-15(26)34-11-14-9-7-6-8-10-14/h6-10,16-17,19,24H,11-13H2,1-5H3/t16-,17+,19-/m1/s1. The summed E-state index contributed by atoms with van der Waals surface area (Å²) in [5.74, 6) is -5.05. The molecule has 0 radical (unpaired) electrons. The lowest BCUT2D eigenvalue weighted by molar-refractivity contribution is -0.180. The largest absolute Gasteiger partial charge is 0.460 e. The van der Waals surface area contributed by atoms with Crippen molar-refractivity contribution >= 4 is 43.7 Å². The highest BCUT2D eigenvalue weighted by Gasteiger charge is 2.73. The highest BCUT2D eigenvalue weighted by Crippen LogP contribution is 2.46. The highest BCUT2D eigenvalue weighted by molar-refractivity contribution is 7.94. The molecule has 2 aliphatic heterocycles. The number of sulfonamides is 1. The summed E-state index contributed by atoms with van der Waals surface area (Å²) in [6.45, 7) is 6.17. The predicted octanol–water partition coefficient (Wildman–Crippen LogP) is -0.148. The van der Waals surface area contributed by atoms with Crippen molar-refractivity contribution in [3.8, 4) is 0 Å². The van der Waals surface area contributed by atoms with Crippen molar-refractivity contribution in [3.05, 3.63) is 35.9 Å². The summed E-state index contributed by atoms with van der Waals surface area (Å²) in [4.78, 5) is 50.3. The first kappa shape index (κ1) is 29.5. The Labute approximate surface area is 220 Å². The number of sulfone groups is 1. The minimum Gasteiger partial charge on any atom is -0.460 e. The Kier molecular flexibility index (Phi) is 7.97. The zero-order valence-electron chi connectivity index (χ0n) is 21.5. The van der Waals surface area contributed by atoms with Crippen LogP contribution in [0.15, 0.2) is 30.3 Å². The van der Waals surface area contributed by atoms with Crippen molar-refractivity contribution < 1.29 is 50.2 Å². The Bertz CT molecular complexity index is 1330. The number of nitrogens with one attached hydrogen (secondary N) is 1. The Balaban J connectivity index is 1.67. The molecular weight excluding hydrogens is 544 g/mol. The topological polar surface area (TPSA) is 180 Å². The van der Waals surface area contributed by atoms with Crippen LogP contribution in [0.25, 0.3) is 0 Å². The third-order valence-electron chi connectivity index (χ3n) is 6.15. The van der Waals surface area contributed by atoms with E-state index in [9.17, 15) is 36.0 Å². The predicted molar refractivity (Wildman–Crippen MR) is 131 cm³/mol. The van der Waals surface area contributed by atoms with Gasteiger partial charge in [0.05, 0.1) is 5.41 Å². The summed E-state index contributed by atoms with van der Waals surface area (Å²) in [6.07, 6.45) is 0. The van der Waals surface area contributed by atoms with Crippen LogP contribution in [0.4, 0.5) is 0 Å². The van der Waals surface area contributed by atoms with Crippen LogP contribution in [0.5, 0.6) is 0 Å². The molecule has 1 amide bonds. The highest BCUT2D eigenvalue weighted by atomic mass is 32.2. The van der Waals surface area contributed by atoms with E-state index in [1.807, 2.05) is 4.72 Å². The van der Waals surface area contributed by atoms with Crippen LogP contribution in [-0.4, -0.2) is 80.3 Å². The van der Waals surface area contributed by atoms with Crippen LogP contribution in [0.2, 0.25) is 0 Å². The minimum atomic E-state index is -4.49. The van der Waals surface area contributed by atoms with E-state index in [1.165, 1.54) is 13.8 Å². The van der Waals surface area contributed by atoms with Gasteiger partial charge in [-0.15, -0.1) is 0 Å². The van der Waals surface area contributed by atoms with Gasteiger partial charge in [-0.25, -0.2) is 21.6 Å². The molecule has 1 aromatic carbocycles. The van der Waals surface area contributed by atoms with Crippen molar-refractivity contribution in [2.45, 2.75) is 63.4 Å². The monoisotopic (exact) mass is 574 g/mol. The summed E-state index contributed by atoms with van der Waals surface area (Å²) >= 11 is 0. The van der Waals surface area contributed by atoms with Crippen molar-refractivity contribution in [1.82, 2.24) is 9.62 Å². The van der Waals surface area contributed by atoms with Crippen LogP contribution >= 0.6 is 0 Å². The smallest absolute Gasteiger partial charge is 0.333 e. The average molecular weight is 575 g/mol. The molecule has 2 saturated heterocycles. The van der Waals surface area contributed by atoms with Gasteiger partial charge >= 0.3 is 17.9 Å². The lowest BCUT2D eigenvalue weighted by Gasteiger charge is -2.42. The molecule has 15 heteroatoms. The zero-order valence-corrected chi connectivity index (χ0v) is 23.1. The van der Waals surface area contributed by atoms with Gasteiger partial charge in [0.1, 0.15) is 23.4 Å². The van der Waals surface area contributed by atoms with Crippen molar-refractivity contribution in [1.29, 1.82) is 0 Å². The number of fused-ring (bicyclic) bond motifs is 1. The fourth-order valence-corrected chi connectivity index (χ4v) is 7.39. The van der Waals surface area contributed by atoms with Gasteiger partial charge in [0.2, 0.25) is 22.7 Å². The molecule has 38 heavy (non-hydrogen) atoms. The maximum atomic E-state index is 13.2. The average Bonchev–Trinajstić information content (AvgIpc) is 2.95. The third kappa shape index (κ3) is 5.68. The summed E-state index contributed by atoms with van der Waals surface area (Å²) in [5, 5.41) is -1.70. The summed E-state index contributed by atoms with van der Waals surface area (Å²) in [7, 11) is -8.79. The molecule has 2 fully saturated rings. The SMILES string of the molecule is CC(C)(C)C(=O)OCOC(=O)[C@@H]1N2C(=O)[C@@H](NS(=O)(=O)CC(=O)OCc3ccccc3)[C@H]2S(=O)(=O)C1(C)C. The number of ether oxygens (including phenoxy) is 3. The van der Waals surface area contributed by atoms with E-state index in [1.54, 1.807) is 51.1 Å². The molecule has 210 valence electrons. The van der Waals surface area contributed by atoms with E-state index >= 15 is 0 Å². The molecule has 3 rings (SSSR count). The molecule has 0 bridgehead atoms. The van der Waals surface area contributed by atoms with E-state index in [0.29, 0.717) is 5.56 Å². The third-order valence-corrected chi connectivity index (χ3v) is 10.2. The van der Waals surface area contributed by atoms with Gasteiger partial charge in [0.25, 0.3) is 0 Å². The molecule has 1 N–H and O–H groups in total. The van der Waals surface area contributed by atoms with Gasteiger partial charge in [0.15, 0.2) is 21.0 Å². The fraction of sp³-hybridized carbons (Fsp3) is 0.565. The van der Waals surface area contributed by atoms with Gasteiger partial charge in [-0.05, 0) is 40.2 Å². The van der Waals surface area contributed by atoms with Gasteiger partial charge in [-0.1, -0.05) is 30.3 Å². The van der Waals surface area contributed by atoms with Crippen LogP contribution in [-0.2, 0) is 59.9 Å². The second-order valence-corrected chi connectivity index (χ2v) is 14.8. The summed E-state index contributed by atoms with van der Waals surface area (Å²) in [6, 6.07) is 5.15. The number of carbonyl (C=O) groups excluding carboxylic acids is 4. The lowest BCUT2D eigenvalue weighted by atomic mass is 9.96. The van der Waals surface area contributed by atoms with Crippen LogP contribution in [0.3, 0.4) is 0 Å². The van der Waals surface area contributed by atoms with E-state index in [-0.39, 0.29) is 6.61 Å². The zero-order chi connectivity index (χ0) is 28.7. The van der Waals surface area contributed by atoms with Crippen LogP contribution < -0.4 is 4.72 Å². The Morgan fingerprint density at radius 3 is 2.24 bits per heavy atom. The molecule has 2 heterocycles. The molecule has 0 aromatic heterocycles. The maximum absolute atomic E-state index is 13.2. The Morgan fingerprint density at radius 1 is 1.05 bits per heavy atom. The molecule has 1 aromatic rings. The minimum absolute atomic E-state index is 0.175. The summed E-state index contributed by atoms with van der Waals surface area (Å²) < 4.78 is 66.4. The quantitative estimate of drug-likeness (QED) is 0.235. The fourth-order valence-electron chi connectivity index (χ4n) is 4.00. The number of rotatable bonds is 9. The second-order valence-electron chi connectivity index (χ2n) is 10.5. The normalized spacial score (nSPS) is 23.7. The number of carbonyl (C=O) groups is 4. The molecule has 0 aliphatic carbocycles. The van der Waals surface area contributed by atoms with Crippen molar-refractivity contribution in [2.24, 2.45) is 5.41 Å². The van der Waals surface area contributed by atoms with Crippen LogP contribution in [0.1, 0.15) is 40.2 Å². The second kappa shape index (κ2) is 10.3. The number of esters is 3. The van der Waals surface area contributed by atoms with Gasteiger partial charge < -0.3 is 19.1 Å². The molecular formula is C23H30N2O11S2. The van der Waals surface area contributed by atoms with Crippen molar-refractivity contribution in [3.63, 3.8) is 0 Å². The van der Waals surface area contributed by atoms with Crippen molar-refractivity contribution in [2.75, 3.05) is 12.5 Å². The maximum Gasteiger partial charge on any atom is 0.333 e. The Hall–Kier alpha value is -3.04. The first-order valence-electron chi connectivity index (χ1n) is 11.5. The molecule has 0 spiro atoms. The van der Waals surface area contributed by atoms with E-state index in [4.69, 9.17) is 14.2 Å². The van der Waals surface area contributed by atoms with E-state index in [2.05, 4.69) is 0 Å². The van der Waals surface area contributed by atoms with E-state index < -0.39 is 83.8 Å². The molecule has 0 unspecified atom stereocenters. The van der Waals surface area contributed by atoms with Crippen LogP contribution in [0, 0.1) is 5.41 Å². The number of hydrogen-bond acceptors (Lipinski definition) is 11. The van der Waals surface area contributed by atoms with E-state index in [0.717, 1.165) is 4.90 Å². The first-order valence-corrected chi connectivity index (χ1v) is 14.7. The number of β-lactam (4-membered cyclic amide) rings is 1. The molecule has 3 atom stereocenters. The lowest BCUT2D eigenvalue weighted by Crippen LogP contribution is -2.72. The molecule has 0 saturated carbocycles. The molecule has 2 aliphatic rings. The molecule has 13 nitrogen and oxygen atoms in total. The number of amides is 1. The van der Waals surface area contributed by atoms with Gasteiger partial charge in [-0.2, -0.15) is 4.72 Å². The number of benzene rings is 1. The number of nitrogens with zero attached hydrogens (tertiary/aromatic N) is 1. The van der Waals surface area contributed by atoms with Gasteiger partial charge in [0, 0.05) is 0 Å². The Morgan fingerprint density at radius 2 is 1.66 bits per heavy atom.